The fourth-order valence-electron chi connectivity index (χ4n) is 2.58. The third kappa shape index (κ3) is 2.54. The zero-order valence-corrected chi connectivity index (χ0v) is 11.0. The molecule has 18 heavy (non-hydrogen) atoms. The van der Waals surface area contributed by atoms with Gasteiger partial charge in [0.25, 0.3) is 6.61 Å². The van der Waals surface area contributed by atoms with Crippen LogP contribution < -0.4 is 9.64 Å². The van der Waals surface area contributed by atoms with Crippen molar-refractivity contribution in [1.29, 1.82) is 0 Å². The minimum absolute atomic E-state index is 0.00601. The van der Waals surface area contributed by atoms with Crippen LogP contribution >= 0.6 is 0 Å². The highest BCUT2D eigenvalue weighted by Crippen LogP contribution is 2.24. The number of nitrogens with one attached hydrogen (secondary N) is 1. The second-order valence-electron chi connectivity index (χ2n) is 4.79. The first-order valence-electron chi connectivity index (χ1n) is 6.34. The van der Waals surface area contributed by atoms with E-state index in [1.165, 1.54) is 11.1 Å². The minimum atomic E-state index is -0.117. The van der Waals surface area contributed by atoms with Gasteiger partial charge in [-0.05, 0) is 29.7 Å². The van der Waals surface area contributed by atoms with Crippen LogP contribution in [0.4, 0.5) is 0 Å². The summed E-state index contributed by atoms with van der Waals surface area (Å²) in [6.07, 6.45) is 1.79. The monoisotopic (exact) mass is 251 g/mol. The van der Waals surface area contributed by atoms with Crippen molar-refractivity contribution >= 4 is 5.91 Å². The Morgan fingerprint density at radius 3 is 2.50 bits per heavy atom. The Labute approximate surface area is 107 Å². The van der Waals surface area contributed by atoms with Gasteiger partial charge in [-0.15, -0.1) is 0 Å². The van der Waals surface area contributed by atoms with Gasteiger partial charge >= 0.3 is 5.91 Å². The minimum Gasteiger partial charge on any atom is -0.496 e. The van der Waals surface area contributed by atoms with E-state index in [1.54, 1.807) is 7.11 Å². The van der Waals surface area contributed by atoms with Crippen LogP contribution in [0, 0.1) is 6.92 Å². The number of carbonyl (C=O) groups is 1. The van der Waals surface area contributed by atoms with Gasteiger partial charge < -0.3 is 9.84 Å². The molecule has 0 saturated carbocycles. The molecule has 1 atom stereocenters. The van der Waals surface area contributed by atoms with E-state index >= 15 is 0 Å². The molecule has 98 valence electrons. The first-order chi connectivity index (χ1) is 8.65. The number of benzene rings is 1. The van der Waals surface area contributed by atoms with Crippen LogP contribution in [0.25, 0.3) is 0 Å². The molecular formula is C14H21NO3+2. The summed E-state index contributed by atoms with van der Waals surface area (Å²) < 4.78 is 5.34. The molecule has 0 radical (unpaired) electrons. The standard InChI is InChI=1S/C14H19NO3/c1-10-7-11-3-5-15(14(17)9-16)6-4-12(11)8-13(10)18-2/h7-8,16H,3-6,9H2,1-2H3/p+2. The summed E-state index contributed by atoms with van der Waals surface area (Å²) in [6.45, 7) is 3.52. The van der Waals surface area contributed by atoms with Crippen LogP contribution in [0.1, 0.15) is 16.7 Å². The average Bonchev–Trinajstić information content (AvgIpc) is 2.59. The third-order valence-corrected chi connectivity index (χ3v) is 3.66. The van der Waals surface area contributed by atoms with Crippen molar-refractivity contribution in [2.24, 2.45) is 0 Å². The Morgan fingerprint density at radius 2 is 1.94 bits per heavy atom. The van der Waals surface area contributed by atoms with Crippen LogP contribution in [-0.4, -0.2) is 37.8 Å². The summed E-state index contributed by atoms with van der Waals surface area (Å²) in [5.74, 6) is 0.926. The normalized spacial score (nSPS) is 18.9. The van der Waals surface area contributed by atoms with Gasteiger partial charge in [0, 0.05) is 12.8 Å². The van der Waals surface area contributed by atoms with Gasteiger partial charge in [-0.25, -0.2) is 4.79 Å². The second-order valence-corrected chi connectivity index (χ2v) is 4.79. The number of fused-ring (bicyclic) bond motifs is 1. The molecule has 2 rings (SSSR count). The van der Waals surface area contributed by atoms with Gasteiger partial charge in [0.1, 0.15) is 5.75 Å². The number of quaternary nitrogens is 1. The SMILES string of the molecule is COc1cc2c(cc1C)CC[NH+](C(=O)C[OH2+])CC2. The fourth-order valence-corrected chi connectivity index (χ4v) is 2.58. The number of aryl methyl sites for hydroxylation is 1. The predicted molar refractivity (Wildman–Crippen MR) is 69.3 cm³/mol. The van der Waals surface area contributed by atoms with Crippen LogP contribution in [0.2, 0.25) is 0 Å². The maximum Gasteiger partial charge on any atom is 0.388 e. The van der Waals surface area contributed by atoms with E-state index in [-0.39, 0.29) is 12.5 Å². The van der Waals surface area contributed by atoms with Crippen LogP contribution in [0.5, 0.6) is 5.75 Å². The average molecular weight is 251 g/mol. The van der Waals surface area contributed by atoms with Crippen LogP contribution in [0.3, 0.4) is 0 Å². The predicted octanol–water partition coefficient (Wildman–Crippen LogP) is -0.762. The lowest BCUT2D eigenvalue weighted by Crippen LogP contribution is -3.15. The second kappa shape index (κ2) is 5.50. The topological polar surface area (TPSA) is 53.6 Å². The van der Waals surface area contributed by atoms with E-state index in [0.717, 1.165) is 42.1 Å². The molecule has 4 nitrogen and oxygen atoms in total. The molecule has 3 N–H and O–H groups in total. The number of carbonyl (C=O) groups excluding carboxylic acids is 1. The van der Waals surface area contributed by atoms with E-state index in [9.17, 15) is 4.79 Å². The molecule has 0 spiro atoms. The smallest absolute Gasteiger partial charge is 0.388 e. The Balaban J connectivity index is 2.22. The zero-order chi connectivity index (χ0) is 13.1. The number of amides is 1. The van der Waals surface area contributed by atoms with Crippen molar-refractivity contribution in [1.82, 2.24) is 0 Å². The van der Waals surface area contributed by atoms with Crippen LogP contribution in [0.15, 0.2) is 12.1 Å². The quantitative estimate of drug-likeness (QED) is 0.702. The summed E-state index contributed by atoms with van der Waals surface area (Å²) in [5, 5.41) is 7.19. The summed E-state index contributed by atoms with van der Waals surface area (Å²) >= 11 is 0. The Bertz CT molecular complexity index is 457. The molecular weight excluding hydrogens is 230 g/mol. The van der Waals surface area contributed by atoms with Crippen molar-refractivity contribution in [2.75, 3.05) is 26.8 Å². The Kier molecular flexibility index (Phi) is 3.99. The molecule has 0 fully saturated rings. The molecule has 0 saturated heterocycles. The van der Waals surface area contributed by atoms with Crippen molar-refractivity contribution in [3.05, 3.63) is 28.8 Å². The molecule has 0 aromatic heterocycles. The van der Waals surface area contributed by atoms with Gasteiger partial charge in [-0.2, -0.15) is 0 Å². The number of hydrogen-bond donors (Lipinski definition) is 1. The molecule has 0 aliphatic carbocycles. The van der Waals surface area contributed by atoms with Crippen molar-refractivity contribution in [3.8, 4) is 5.75 Å². The first kappa shape index (κ1) is 13.1. The molecule has 4 heteroatoms. The lowest BCUT2D eigenvalue weighted by molar-refractivity contribution is -0.819. The lowest BCUT2D eigenvalue weighted by atomic mass is 10.00. The van der Waals surface area contributed by atoms with E-state index in [1.807, 2.05) is 6.92 Å². The highest BCUT2D eigenvalue weighted by Gasteiger charge is 2.24. The van der Waals surface area contributed by atoms with Crippen molar-refractivity contribution in [2.45, 2.75) is 19.8 Å². The number of methoxy groups -OCH3 is 1. The van der Waals surface area contributed by atoms with Gasteiger partial charge in [0.05, 0.1) is 20.2 Å². The van der Waals surface area contributed by atoms with Gasteiger partial charge in [0.2, 0.25) is 0 Å². The third-order valence-electron chi connectivity index (χ3n) is 3.66. The van der Waals surface area contributed by atoms with E-state index in [2.05, 4.69) is 12.1 Å². The molecule has 1 heterocycles. The van der Waals surface area contributed by atoms with Crippen LogP contribution in [-0.2, 0) is 17.6 Å². The maximum absolute atomic E-state index is 11.6. The summed E-state index contributed by atoms with van der Waals surface area (Å²) in [7, 11) is 1.69. The van der Waals surface area contributed by atoms with Crippen molar-refractivity contribution < 1.29 is 19.5 Å². The Morgan fingerprint density at radius 1 is 1.33 bits per heavy atom. The molecule has 1 aliphatic rings. The van der Waals surface area contributed by atoms with Gasteiger partial charge in [0.15, 0.2) is 0 Å². The highest BCUT2D eigenvalue weighted by atomic mass is 16.5. The summed E-state index contributed by atoms with van der Waals surface area (Å²) in [5.41, 5.74) is 3.75. The molecule has 1 aromatic carbocycles. The molecule has 1 aliphatic heterocycles. The summed E-state index contributed by atoms with van der Waals surface area (Å²) in [4.78, 5) is 12.5. The maximum atomic E-state index is 11.6. The van der Waals surface area contributed by atoms with Gasteiger partial charge in [-0.1, -0.05) is 6.07 Å². The summed E-state index contributed by atoms with van der Waals surface area (Å²) in [6, 6.07) is 4.26. The van der Waals surface area contributed by atoms with Crippen molar-refractivity contribution in [3.63, 3.8) is 0 Å². The lowest BCUT2D eigenvalue weighted by Gasteiger charge is -2.10. The molecule has 0 bridgehead atoms. The van der Waals surface area contributed by atoms with E-state index < -0.39 is 0 Å². The highest BCUT2D eigenvalue weighted by molar-refractivity contribution is 5.67. The Hall–Kier alpha value is -1.39. The van der Waals surface area contributed by atoms with Gasteiger partial charge in [-0.3, -0.25) is 4.90 Å². The molecule has 1 aromatic rings. The van der Waals surface area contributed by atoms with E-state index in [4.69, 9.17) is 9.84 Å². The largest absolute Gasteiger partial charge is 0.496 e. The molecule has 1 unspecified atom stereocenters. The first-order valence-corrected chi connectivity index (χ1v) is 6.34. The van der Waals surface area contributed by atoms with E-state index in [0.29, 0.717) is 0 Å². The number of hydrogen-bond acceptors (Lipinski definition) is 2. The number of rotatable bonds is 2. The zero-order valence-electron chi connectivity index (χ0n) is 11.0. The number of ether oxygens (including phenoxy) is 1. The molecule has 1 amide bonds. The fraction of sp³-hybridized carbons (Fsp3) is 0.500.